The highest BCUT2D eigenvalue weighted by Gasteiger charge is 2.31. The van der Waals surface area contributed by atoms with Gasteiger partial charge in [-0.2, -0.15) is 0 Å². The number of rotatable bonds is 7. The third-order valence-electron chi connectivity index (χ3n) is 4.04. The molecule has 1 amide bonds. The van der Waals surface area contributed by atoms with Gasteiger partial charge in [0.25, 0.3) is 5.91 Å². The van der Waals surface area contributed by atoms with Gasteiger partial charge in [-0.1, -0.05) is 18.2 Å². The van der Waals surface area contributed by atoms with Gasteiger partial charge in [0.2, 0.25) is 0 Å². The van der Waals surface area contributed by atoms with Crippen molar-refractivity contribution in [1.82, 2.24) is 0 Å². The lowest BCUT2D eigenvalue weighted by Crippen LogP contribution is -2.43. The molecule has 2 aromatic rings. The number of para-hydroxylation sites is 1. The van der Waals surface area contributed by atoms with Crippen molar-refractivity contribution in [2.75, 3.05) is 23.9 Å². The molecule has 2 aromatic carbocycles. The number of benzene rings is 2. The van der Waals surface area contributed by atoms with E-state index in [1.807, 2.05) is 25.1 Å². The maximum absolute atomic E-state index is 12.9. The Labute approximate surface area is 158 Å². The van der Waals surface area contributed by atoms with E-state index >= 15 is 0 Å². The van der Waals surface area contributed by atoms with Gasteiger partial charge in [-0.05, 0) is 49.4 Å². The summed E-state index contributed by atoms with van der Waals surface area (Å²) in [6.07, 6.45) is 1.53. The van der Waals surface area contributed by atoms with Crippen molar-refractivity contribution in [2.45, 2.75) is 13.0 Å². The molecular weight excluding hydrogens is 366 g/mol. The van der Waals surface area contributed by atoms with Crippen molar-refractivity contribution in [3.63, 3.8) is 0 Å². The Morgan fingerprint density at radius 3 is 2.30 bits per heavy atom. The molecule has 0 N–H and O–H groups in total. The normalized spacial score (nSPS) is 17.4. The van der Waals surface area contributed by atoms with E-state index in [9.17, 15) is 13.2 Å². The maximum atomic E-state index is 12.9. The molecule has 3 rings (SSSR count). The second-order valence-corrected chi connectivity index (χ2v) is 7.95. The Morgan fingerprint density at radius 1 is 1.04 bits per heavy atom. The summed E-state index contributed by atoms with van der Waals surface area (Å²) in [4.78, 5) is 14.3. The Morgan fingerprint density at radius 2 is 1.70 bits per heavy atom. The molecule has 0 saturated heterocycles. The number of amides is 1. The fourth-order valence-electron chi connectivity index (χ4n) is 2.84. The molecule has 6 nitrogen and oxygen atoms in total. The zero-order valence-corrected chi connectivity index (χ0v) is 15.8. The fraction of sp³-hybridized carbons (Fsp3) is 0.250. The van der Waals surface area contributed by atoms with E-state index in [2.05, 4.69) is 0 Å². The molecule has 27 heavy (non-hydrogen) atoms. The topological polar surface area (TPSA) is 72.9 Å². The summed E-state index contributed by atoms with van der Waals surface area (Å²) in [5.41, 5.74) is 0.590. The maximum Gasteiger partial charge on any atom is 0.265 e. The third kappa shape index (κ3) is 4.89. The van der Waals surface area contributed by atoms with E-state index in [4.69, 9.17) is 9.47 Å². The van der Waals surface area contributed by atoms with E-state index in [0.29, 0.717) is 23.8 Å². The second kappa shape index (κ2) is 8.26. The summed E-state index contributed by atoms with van der Waals surface area (Å²) < 4.78 is 34.7. The molecule has 142 valence electrons. The van der Waals surface area contributed by atoms with Crippen LogP contribution in [0.1, 0.15) is 6.92 Å². The quantitative estimate of drug-likeness (QED) is 0.730. The number of anilines is 1. The summed E-state index contributed by atoms with van der Waals surface area (Å²) in [6, 6.07) is 15.4. The molecule has 1 aliphatic heterocycles. The molecule has 1 aliphatic rings. The molecule has 0 spiro atoms. The number of ether oxygens (including phenoxy) is 2. The molecule has 0 bridgehead atoms. The number of hydrogen-bond acceptors (Lipinski definition) is 5. The van der Waals surface area contributed by atoms with E-state index in [0.717, 1.165) is 5.41 Å². The first kappa shape index (κ1) is 19.0. The van der Waals surface area contributed by atoms with Gasteiger partial charge in [-0.15, -0.1) is 0 Å². The van der Waals surface area contributed by atoms with E-state index < -0.39 is 15.9 Å². The van der Waals surface area contributed by atoms with Gasteiger partial charge in [0.15, 0.2) is 16.4 Å². The van der Waals surface area contributed by atoms with E-state index in [1.165, 1.54) is 11.0 Å². The Kier molecular flexibility index (Phi) is 5.81. The molecule has 1 heterocycles. The molecule has 7 heteroatoms. The molecule has 0 aromatic heterocycles. The monoisotopic (exact) mass is 387 g/mol. The van der Waals surface area contributed by atoms with Crippen LogP contribution >= 0.6 is 0 Å². The highest BCUT2D eigenvalue weighted by molar-refractivity contribution is 7.94. The van der Waals surface area contributed by atoms with Gasteiger partial charge in [0.1, 0.15) is 11.5 Å². The zero-order valence-electron chi connectivity index (χ0n) is 14.9. The SMILES string of the molecule is CCOc1ccc(N(C(=O)COc2ccccc2)[C@H]2C=CS(=O)(=O)C2)cc1. The van der Waals surface area contributed by atoms with Gasteiger partial charge in [0.05, 0.1) is 18.4 Å². The predicted octanol–water partition coefficient (Wildman–Crippen LogP) is 2.81. The number of hydrogen-bond donors (Lipinski definition) is 0. The smallest absolute Gasteiger partial charge is 0.265 e. The van der Waals surface area contributed by atoms with Crippen LogP contribution in [0.3, 0.4) is 0 Å². The lowest BCUT2D eigenvalue weighted by Gasteiger charge is -2.27. The van der Waals surface area contributed by atoms with Gasteiger partial charge in [-0.25, -0.2) is 8.42 Å². The molecule has 0 aliphatic carbocycles. The van der Waals surface area contributed by atoms with Gasteiger partial charge >= 0.3 is 0 Å². The minimum absolute atomic E-state index is 0.142. The molecule has 0 radical (unpaired) electrons. The van der Waals surface area contributed by atoms with E-state index in [-0.39, 0.29) is 18.3 Å². The van der Waals surface area contributed by atoms with Crippen molar-refractivity contribution < 1.29 is 22.7 Å². The van der Waals surface area contributed by atoms with Crippen LogP contribution in [0.5, 0.6) is 11.5 Å². The largest absolute Gasteiger partial charge is 0.494 e. The summed E-state index contributed by atoms with van der Waals surface area (Å²) in [7, 11) is -3.31. The minimum Gasteiger partial charge on any atom is -0.494 e. The molecule has 0 saturated carbocycles. The third-order valence-corrected chi connectivity index (χ3v) is 5.42. The van der Waals surface area contributed by atoms with Crippen molar-refractivity contribution in [1.29, 1.82) is 0 Å². The van der Waals surface area contributed by atoms with Gasteiger partial charge in [-0.3, -0.25) is 4.79 Å². The molecule has 1 atom stereocenters. The Bertz CT molecular complexity index is 907. The fourth-order valence-corrected chi connectivity index (χ4v) is 4.11. The second-order valence-electron chi connectivity index (χ2n) is 6.02. The van der Waals surface area contributed by atoms with Crippen LogP contribution in [-0.4, -0.2) is 39.3 Å². The molecular formula is C20H21NO5S. The van der Waals surface area contributed by atoms with Gasteiger partial charge in [0, 0.05) is 11.1 Å². The van der Waals surface area contributed by atoms with Crippen molar-refractivity contribution in [2.24, 2.45) is 0 Å². The van der Waals surface area contributed by atoms with Crippen LogP contribution in [0.4, 0.5) is 5.69 Å². The van der Waals surface area contributed by atoms with Crippen LogP contribution in [-0.2, 0) is 14.6 Å². The lowest BCUT2D eigenvalue weighted by atomic mass is 10.2. The predicted molar refractivity (Wildman–Crippen MR) is 104 cm³/mol. The summed E-state index contributed by atoms with van der Waals surface area (Å²) in [5, 5.41) is 1.16. The molecule has 0 unspecified atom stereocenters. The number of sulfone groups is 1. The van der Waals surface area contributed by atoms with Crippen molar-refractivity contribution in [3.8, 4) is 11.5 Å². The first-order valence-electron chi connectivity index (χ1n) is 8.62. The minimum atomic E-state index is -3.31. The summed E-state index contributed by atoms with van der Waals surface area (Å²) >= 11 is 0. The van der Waals surface area contributed by atoms with Crippen LogP contribution in [0, 0.1) is 0 Å². The van der Waals surface area contributed by atoms with Crippen LogP contribution in [0.25, 0.3) is 0 Å². The average Bonchev–Trinajstić information content (AvgIpc) is 3.02. The number of carbonyl (C=O) groups excluding carboxylic acids is 1. The average molecular weight is 387 g/mol. The highest BCUT2D eigenvalue weighted by atomic mass is 32.2. The molecule has 0 fully saturated rings. The zero-order chi connectivity index (χ0) is 19.3. The lowest BCUT2D eigenvalue weighted by molar-refractivity contribution is -0.120. The van der Waals surface area contributed by atoms with Crippen molar-refractivity contribution in [3.05, 3.63) is 66.1 Å². The highest BCUT2D eigenvalue weighted by Crippen LogP contribution is 2.25. The summed E-state index contributed by atoms with van der Waals surface area (Å²) in [6.45, 7) is 2.23. The van der Waals surface area contributed by atoms with Crippen molar-refractivity contribution >= 4 is 21.4 Å². The first-order chi connectivity index (χ1) is 13.0. The Hall–Kier alpha value is -2.80. The van der Waals surface area contributed by atoms with Gasteiger partial charge < -0.3 is 14.4 Å². The van der Waals surface area contributed by atoms with E-state index in [1.54, 1.807) is 36.4 Å². The summed E-state index contributed by atoms with van der Waals surface area (Å²) in [5.74, 6) is 0.794. The van der Waals surface area contributed by atoms with Crippen LogP contribution in [0.15, 0.2) is 66.1 Å². The Balaban J connectivity index is 1.81. The number of carbonyl (C=O) groups is 1. The standard InChI is InChI=1S/C20H21NO5S/c1-2-25-19-10-8-16(9-11-19)21(17-12-13-27(23,24)15-17)20(22)14-26-18-6-4-3-5-7-18/h3-13,17H,2,14-15H2,1H3/t17-/m0/s1. The van der Waals surface area contributed by atoms with Crippen LogP contribution < -0.4 is 14.4 Å². The van der Waals surface area contributed by atoms with Crippen LogP contribution in [0.2, 0.25) is 0 Å². The first-order valence-corrected chi connectivity index (χ1v) is 10.3. The number of nitrogens with zero attached hydrogens (tertiary/aromatic N) is 1.